The lowest BCUT2D eigenvalue weighted by molar-refractivity contribution is -0.128. The van der Waals surface area contributed by atoms with E-state index in [1.807, 2.05) is 42.5 Å². The van der Waals surface area contributed by atoms with Crippen molar-refractivity contribution in [3.05, 3.63) is 72.2 Å². The van der Waals surface area contributed by atoms with Crippen molar-refractivity contribution in [1.29, 1.82) is 0 Å². The topological polar surface area (TPSA) is 139 Å². The third-order valence-electron chi connectivity index (χ3n) is 10.4. The zero-order valence-electron chi connectivity index (χ0n) is 25.4. The van der Waals surface area contributed by atoms with Crippen LogP contribution >= 0.6 is 0 Å². The van der Waals surface area contributed by atoms with Gasteiger partial charge >= 0.3 is 0 Å². The number of fused-ring (bicyclic) bond motifs is 2. The van der Waals surface area contributed by atoms with Crippen LogP contribution in [0.5, 0.6) is 0 Å². The predicted octanol–water partition coefficient (Wildman–Crippen LogP) is 4.08. The highest BCUT2D eigenvalue weighted by Gasteiger charge is 2.49. The van der Waals surface area contributed by atoms with Gasteiger partial charge in [0.25, 0.3) is 11.8 Å². The van der Waals surface area contributed by atoms with Crippen LogP contribution in [0.1, 0.15) is 72.1 Å². The fraction of sp³-hybridized carbons (Fsp3) is 0.400. The van der Waals surface area contributed by atoms with Crippen LogP contribution in [0.25, 0.3) is 16.5 Å². The lowest BCUT2D eigenvalue weighted by Crippen LogP contribution is -2.44. The van der Waals surface area contributed by atoms with Gasteiger partial charge in [-0.1, -0.05) is 24.3 Å². The molecule has 8 rings (SSSR count). The Morgan fingerprint density at radius 2 is 1.24 bits per heavy atom. The van der Waals surface area contributed by atoms with Gasteiger partial charge in [-0.2, -0.15) is 5.10 Å². The number of Topliss-reactive ketones (excluding diaryl/α,β-unsaturated/α-hetero) is 4. The molecule has 5 heterocycles. The number of hydrogen-bond donors (Lipinski definition) is 0. The molecular formula is C35H34N4O7. The molecule has 46 heavy (non-hydrogen) atoms. The molecule has 2 aliphatic heterocycles. The number of aromatic nitrogens is 2. The van der Waals surface area contributed by atoms with Crippen LogP contribution in [-0.2, 0) is 19.2 Å². The van der Waals surface area contributed by atoms with E-state index in [0.717, 1.165) is 10.9 Å². The molecule has 4 aliphatic rings. The fourth-order valence-corrected chi connectivity index (χ4v) is 7.58. The molecule has 0 bridgehead atoms. The van der Waals surface area contributed by atoms with Crippen LogP contribution in [0.4, 0.5) is 0 Å². The van der Waals surface area contributed by atoms with E-state index < -0.39 is 10.8 Å². The van der Waals surface area contributed by atoms with E-state index in [1.54, 1.807) is 26.7 Å². The maximum Gasteiger partial charge on any atom is 0.257 e. The Bertz CT molecular complexity index is 1770. The largest absolute Gasteiger partial charge is 0.463 e. The highest BCUT2D eigenvalue weighted by molar-refractivity contribution is 6.10. The van der Waals surface area contributed by atoms with Crippen molar-refractivity contribution in [3.63, 3.8) is 0 Å². The summed E-state index contributed by atoms with van der Waals surface area (Å²) in [6.07, 6.45) is 8.08. The normalized spacial score (nSPS) is 20.6. The van der Waals surface area contributed by atoms with Gasteiger partial charge in [0.15, 0.2) is 0 Å². The number of para-hydroxylation sites is 1. The van der Waals surface area contributed by atoms with Crippen molar-refractivity contribution in [2.45, 2.75) is 51.4 Å². The predicted molar refractivity (Wildman–Crippen MR) is 165 cm³/mol. The van der Waals surface area contributed by atoms with E-state index in [4.69, 9.17) is 4.42 Å². The first kappa shape index (κ1) is 29.8. The van der Waals surface area contributed by atoms with Gasteiger partial charge in [0.05, 0.1) is 35.7 Å². The van der Waals surface area contributed by atoms with Gasteiger partial charge in [0, 0.05) is 61.4 Å². The van der Waals surface area contributed by atoms with Crippen LogP contribution in [0.2, 0.25) is 0 Å². The molecular weight excluding hydrogens is 588 g/mol. The van der Waals surface area contributed by atoms with E-state index in [2.05, 4.69) is 5.10 Å². The summed E-state index contributed by atoms with van der Waals surface area (Å²) in [4.78, 5) is 76.3. The van der Waals surface area contributed by atoms with Crippen molar-refractivity contribution in [1.82, 2.24) is 19.4 Å². The van der Waals surface area contributed by atoms with Crippen LogP contribution in [0.15, 0.2) is 65.5 Å². The number of rotatable bonds is 2. The Morgan fingerprint density at radius 3 is 1.80 bits per heavy atom. The molecule has 1 aromatic carbocycles. The summed E-state index contributed by atoms with van der Waals surface area (Å²) >= 11 is 0. The number of benzene rings is 1. The third kappa shape index (κ3) is 5.13. The number of carbonyl (C=O) groups excluding carboxylic acids is 6. The third-order valence-corrected chi connectivity index (χ3v) is 10.4. The molecule has 0 radical (unpaired) electrons. The average Bonchev–Trinajstić information content (AvgIpc) is 3.81. The number of nitrogens with zero attached hydrogens (tertiary/aromatic N) is 4. The monoisotopic (exact) mass is 622 g/mol. The zero-order chi connectivity index (χ0) is 32.1. The smallest absolute Gasteiger partial charge is 0.257 e. The quantitative estimate of drug-likeness (QED) is 0.305. The van der Waals surface area contributed by atoms with Gasteiger partial charge in [0.1, 0.15) is 35.0 Å². The van der Waals surface area contributed by atoms with Crippen LogP contribution < -0.4 is 0 Å². The minimum Gasteiger partial charge on any atom is -0.463 e. The van der Waals surface area contributed by atoms with Crippen molar-refractivity contribution < 1.29 is 33.2 Å². The molecule has 236 valence electrons. The molecule has 11 nitrogen and oxygen atoms in total. The van der Waals surface area contributed by atoms with E-state index in [0.29, 0.717) is 81.4 Å². The highest BCUT2D eigenvalue weighted by Crippen LogP contribution is 2.43. The Labute approximate surface area is 264 Å². The van der Waals surface area contributed by atoms with Crippen LogP contribution in [0.3, 0.4) is 0 Å². The van der Waals surface area contributed by atoms with Crippen LogP contribution in [0, 0.1) is 10.8 Å². The summed E-state index contributed by atoms with van der Waals surface area (Å²) in [5.74, 6) is 0.0707. The first-order chi connectivity index (χ1) is 22.2. The van der Waals surface area contributed by atoms with E-state index in [-0.39, 0.29) is 47.8 Å². The van der Waals surface area contributed by atoms with Crippen molar-refractivity contribution in [2.75, 3.05) is 26.2 Å². The molecule has 2 spiro atoms. The van der Waals surface area contributed by atoms with E-state index in [9.17, 15) is 28.8 Å². The SMILES string of the molecule is O=C1CC(=O)C2(CCN(C(=O)c3cnn4ccccc34)CC2)C1.O=C1CC(=O)C2(CCN(C(=O)c3coc4ccccc34)CC2)C1. The Kier molecular flexibility index (Phi) is 7.41. The van der Waals surface area contributed by atoms with Gasteiger partial charge in [-0.15, -0.1) is 0 Å². The number of piperidine rings is 2. The molecule has 2 saturated heterocycles. The molecule has 0 unspecified atom stereocenters. The summed E-state index contributed by atoms with van der Waals surface area (Å²) in [7, 11) is 0. The summed E-state index contributed by atoms with van der Waals surface area (Å²) in [6.45, 7) is 2.05. The summed E-state index contributed by atoms with van der Waals surface area (Å²) in [5, 5.41) is 5.01. The second kappa shape index (κ2) is 11.5. The van der Waals surface area contributed by atoms with Gasteiger partial charge < -0.3 is 14.2 Å². The summed E-state index contributed by atoms with van der Waals surface area (Å²) < 4.78 is 7.12. The number of furan rings is 1. The second-order valence-electron chi connectivity index (χ2n) is 13.0. The van der Waals surface area contributed by atoms with Gasteiger partial charge in [-0.05, 0) is 43.9 Å². The molecule has 2 amide bonds. The number of ketones is 4. The standard InChI is InChI=1S/C18H17NO4.C17H17N3O3/c20-12-9-16(21)18(10-12)5-7-19(8-6-18)17(22)14-11-23-15-4-2-1-3-13(14)15;21-12-9-15(22)17(10-12)4-7-19(8-5-17)16(23)13-11-18-20-6-2-1-3-14(13)20/h1-4,11H,5-10H2;1-3,6,11H,4-5,7-10H2. The number of likely N-dealkylation sites (tertiary alicyclic amines) is 2. The fourth-order valence-electron chi connectivity index (χ4n) is 7.58. The molecule has 3 aromatic heterocycles. The second-order valence-corrected chi connectivity index (χ2v) is 13.0. The molecule has 4 fully saturated rings. The molecule has 4 aromatic rings. The summed E-state index contributed by atoms with van der Waals surface area (Å²) in [5.41, 5.74) is 1.60. The van der Waals surface area contributed by atoms with Crippen LogP contribution in [-0.4, -0.2) is 80.5 Å². The van der Waals surface area contributed by atoms with Crippen molar-refractivity contribution >= 4 is 51.4 Å². The Balaban J connectivity index is 0.000000147. The minimum atomic E-state index is -0.508. The average molecular weight is 623 g/mol. The molecule has 0 atom stereocenters. The number of pyridine rings is 1. The van der Waals surface area contributed by atoms with Crippen molar-refractivity contribution in [3.8, 4) is 0 Å². The first-order valence-electron chi connectivity index (χ1n) is 15.8. The maximum absolute atomic E-state index is 12.7. The summed E-state index contributed by atoms with van der Waals surface area (Å²) in [6, 6.07) is 13.1. The minimum absolute atomic E-state index is 0.0376. The van der Waals surface area contributed by atoms with Gasteiger partial charge in [-0.3, -0.25) is 28.8 Å². The molecule has 11 heteroatoms. The number of amides is 2. The lowest BCUT2D eigenvalue weighted by atomic mass is 9.76. The Hall–Kier alpha value is -4.93. The Morgan fingerprint density at radius 1 is 0.696 bits per heavy atom. The molecule has 2 saturated carbocycles. The lowest BCUT2D eigenvalue weighted by Gasteiger charge is -2.37. The van der Waals surface area contributed by atoms with Gasteiger partial charge in [-0.25, -0.2) is 4.52 Å². The molecule has 0 N–H and O–H groups in total. The molecule has 2 aliphatic carbocycles. The highest BCUT2D eigenvalue weighted by atomic mass is 16.3. The maximum atomic E-state index is 12.7. The number of carbonyl (C=O) groups is 6. The first-order valence-corrected chi connectivity index (χ1v) is 15.8. The number of hydrogen-bond acceptors (Lipinski definition) is 8. The van der Waals surface area contributed by atoms with Gasteiger partial charge in [0.2, 0.25) is 0 Å². The van der Waals surface area contributed by atoms with Crippen molar-refractivity contribution in [2.24, 2.45) is 10.8 Å². The zero-order valence-corrected chi connectivity index (χ0v) is 25.4. The van der Waals surface area contributed by atoms with E-state index in [1.165, 1.54) is 6.26 Å². The van der Waals surface area contributed by atoms with E-state index >= 15 is 0 Å².